The highest BCUT2D eigenvalue weighted by atomic mass is 19.3. The summed E-state index contributed by atoms with van der Waals surface area (Å²) in [4.78, 5) is 38.3. The number of carbonyl (C=O) groups excluding carboxylic acids is 2. The molecule has 2 fully saturated rings. The highest BCUT2D eigenvalue weighted by molar-refractivity contribution is 5.99. The summed E-state index contributed by atoms with van der Waals surface area (Å²) in [6.45, 7) is 1.84. The third-order valence-electron chi connectivity index (χ3n) is 6.61. The molecule has 34 heavy (non-hydrogen) atoms. The van der Waals surface area contributed by atoms with Gasteiger partial charge in [0.2, 0.25) is 5.91 Å². The number of aryl methyl sites for hydroxylation is 1. The topological polar surface area (TPSA) is 105 Å². The number of alkyl halides is 2. The average Bonchev–Trinajstić information content (AvgIpc) is 3.49. The SMILES string of the molecule is Cc1cccc2c1-c1cc(C(=O)NCC(=O)N3CC4(C[C@H]3C(=O)O)OCCO4)ccc1C2(F)F. The summed E-state index contributed by atoms with van der Waals surface area (Å²) >= 11 is 0. The summed E-state index contributed by atoms with van der Waals surface area (Å²) in [7, 11) is 0. The van der Waals surface area contributed by atoms with E-state index in [4.69, 9.17) is 9.47 Å². The highest BCUT2D eigenvalue weighted by Crippen LogP contribution is 2.52. The van der Waals surface area contributed by atoms with Crippen LogP contribution in [-0.2, 0) is 25.0 Å². The molecule has 2 saturated heterocycles. The van der Waals surface area contributed by atoms with Crippen LogP contribution in [0.3, 0.4) is 0 Å². The molecule has 5 rings (SSSR count). The van der Waals surface area contributed by atoms with Gasteiger partial charge in [0, 0.05) is 23.1 Å². The van der Waals surface area contributed by atoms with Crippen molar-refractivity contribution in [3.05, 3.63) is 58.7 Å². The Labute approximate surface area is 193 Å². The first-order valence-corrected chi connectivity index (χ1v) is 10.8. The van der Waals surface area contributed by atoms with Crippen molar-refractivity contribution < 1.29 is 37.7 Å². The van der Waals surface area contributed by atoms with Crippen molar-refractivity contribution in [3.63, 3.8) is 0 Å². The lowest BCUT2D eigenvalue weighted by Crippen LogP contribution is -2.46. The molecule has 0 bridgehead atoms. The van der Waals surface area contributed by atoms with Crippen molar-refractivity contribution >= 4 is 17.8 Å². The lowest BCUT2D eigenvalue weighted by molar-refractivity contribution is -0.152. The number of aliphatic carboxylic acids is 1. The van der Waals surface area contributed by atoms with Crippen LogP contribution < -0.4 is 5.32 Å². The molecule has 2 amide bonds. The molecule has 2 aromatic rings. The number of likely N-dealkylation sites (tertiary alicyclic amines) is 1. The van der Waals surface area contributed by atoms with Crippen molar-refractivity contribution in [1.29, 1.82) is 0 Å². The largest absolute Gasteiger partial charge is 0.480 e. The fourth-order valence-electron chi connectivity index (χ4n) is 4.99. The monoisotopic (exact) mass is 472 g/mol. The van der Waals surface area contributed by atoms with E-state index in [1.54, 1.807) is 19.1 Å². The van der Waals surface area contributed by atoms with E-state index >= 15 is 0 Å². The lowest BCUT2D eigenvalue weighted by Gasteiger charge is -2.23. The van der Waals surface area contributed by atoms with Crippen LogP contribution in [0.1, 0.15) is 33.5 Å². The van der Waals surface area contributed by atoms with Crippen LogP contribution in [0.5, 0.6) is 0 Å². The number of carbonyl (C=O) groups is 3. The van der Waals surface area contributed by atoms with Crippen LogP contribution in [0.25, 0.3) is 11.1 Å². The van der Waals surface area contributed by atoms with E-state index in [1.807, 2.05) is 0 Å². The van der Waals surface area contributed by atoms with Gasteiger partial charge in [-0.2, -0.15) is 8.78 Å². The van der Waals surface area contributed by atoms with E-state index in [-0.39, 0.29) is 35.2 Å². The molecule has 0 aromatic heterocycles. The Kier molecular flexibility index (Phi) is 5.18. The van der Waals surface area contributed by atoms with Gasteiger partial charge in [-0.1, -0.05) is 24.3 Å². The zero-order chi connectivity index (χ0) is 24.3. The Morgan fingerprint density at radius 1 is 1.15 bits per heavy atom. The Morgan fingerprint density at radius 3 is 2.59 bits per heavy atom. The Hall–Kier alpha value is -3.37. The van der Waals surface area contributed by atoms with Crippen molar-refractivity contribution in [3.8, 4) is 11.1 Å². The predicted octanol–water partition coefficient (Wildman–Crippen LogP) is 2.27. The van der Waals surface area contributed by atoms with E-state index in [0.717, 1.165) is 4.90 Å². The average molecular weight is 472 g/mol. The standard InChI is InChI=1S/C24H22F2N2O6/c1-13-3-2-4-17-20(13)15-9-14(5-6-16(15)24(17,25)26)21(30)27-11-19(29)28-12-23(33-7-8-34-23)10-18(28)22(31)32/h2-6,9,18H,7-8,10-12H2,1H3,(H,27,30)(H,31,32)/t18-/m0/s1. The Morgan fingerprint density at radius 2 is 1.88 bits per heavy atom. The van der Waals surface area contributed by atoms with E-state index in [9.17, 15) is 28.3 Å². The van der Waals surface area contributed by atoms with Gasteiger partial charge >= 0.3 is 5.97 Å². The molecule has 0 radical (unpaired) electrons. The Balaban J connectivity index is 1.33. The number of carboxylic acids is 1. The number of fused-ring (bicyclic) bond motifs is 3. The number of benzene rings is 2. The molecular weight excluding hydrogens is 450 g/mol. The number of hydrogen-bond donors (Lipinski definition) is 2. The number of halogens is 2. The first kappa shape index (κ1) is 22.4. The van der Waals surface area contributed by atoms with Gasteiger partial charge < -0.3 is 24.8 Å². The minimum absolute atomic E-state index is 0.000185. The predicted molar refractivity (Wildman–Crippen MR) is 114 cm³/mol. The van der Waals surface area contributed by atoms with E-state index in [1.165, 1.54) is 24.3 Å². The third-order valence-corrected chi connectivity index (χ3v) is 6.61. The van der Waals surface area contributed by atoms with Gasteiger partial charge in [-0.05, 0) is 35.7 Å². The maximum absolute atomic E-state index is 14.9. The van der Waals surface area contributed by atoms with Gasteiger partial charge in [-0.15, -0.1) is 0 Å². The van der Waals surface area contributed by atoms with Crippen LogP contribution in [-0.4, -0.2) is 65.9 Å². The molecule has 178 valence electrons. The van der Waals surface area contributed by atoms with Gasteiger partial charge in [-0.3, -0.25) is 9.59 Å². The van der Waals surface area contributed by atoms with Crippen LogP contribution >= 0.6 is 0 Å². The molecule has 8 nitrogen and oxygen atoms in total. The molecule has 2 N–H and O–H groups in total. The van der Waals surface area contributed by atoms with Gasteiger partial charge in [0.1, 0.15) is 6.04 Å². The molecule has 10 heteroatoms. The maximum atomic E-state index is 14.9. The van der Waals surface area contributed by atoms with E-state index in [0.29, 0.717) is 24.3 Å². The van der Waals surface area contributed by atoms with E-state index < -0.39 is 42.1 Å². The summed E-state index contributed by atoms with van der Waals surface area (Å²) in [6, 6.07) is 7.46. The fourth-order valence-corrected chi connectivity index (χ4v) is 4.99. The molecule has 1 spiro atoms. The smallest absolute Gasteiger partial charge is 0.326 e. The van der Waals surface area contributed by atoms with Crippen LogP contribution in [0, 0.1) is 6.92 Å². The minimum atomic E-state index is -3.16. The number of ether oxygens (including phenoxy) is 2. The van der Waals surface area contributed by atoms with Crippen LogP contribution in [0.2, 0.25) is 0 Å². The Bertz CT molecular complexity index is 1210. The second-order valence-electron chi connectivity index (χ2n) is 8.70. The second-order valence-corrected chi connectivity index (χ2v) is 8.70. The van der Waals surface area contributed by atoms with Gasteiger partial charge in [0.15, 0.2) is 5.79 Å². The first-order valence-electron chi connectivity index (χ1n) is 10.8. The summed E-state index contributed by atoms with van der Waals surface area (Å²) in [5.41, 5.74) is 1.19. The number of nitrogens with one attached hydrogen (secondary N) is 1. The van der Waals surface area contributed by atoms with E-state index in [2.05, 4.69) is 5.32 Å². The zero-order valence-corrected chi connectivity index (χ0v) is 18.3. The molecule has 2 aromatic carbocycles. The van der Waals surface area contributed by atoms with Crippen molar-refractivity contribution in [2.75, 3.05) is 26.3 Å². The second kappa shape index (κ2) is 7.85. The maximum Gasteiger partial charge on any atom is 0.326 e. The summed E-state index contributed by atoms with van der Waals surface area (Å²) in [6.07, 6.45) is -0.000185. The molecule has 3 aliphatic rings. The van der Waals surface area contributed by atoms with Gasteiger partial charge in [0.05, 0.1) is 26.3 Å². The number of rotatable bonds is 4. The van der Waals surface area contributed by atoms with Crippen molar-refractivity contribution in [1.82, 2.24) is 10.2 Å². The summed E-state index contributed by atoms with van der Waals surface area (Å²) < 4.78 is 40.8. The third kappa shape index (κ3) is 3.45. The van der Waals surface area contributed by atoms with Gasteiger partial charge in [0.25, 0.3) is 11.8 Å². The molecule has 2 aliphatic heterocycles. The first-order chi connectivity index (χ1) is 16.1. The van der Waals surface area contributed by atoms with Crippen molar-refractivity contribution in [2.45, 2.75) is 31.1 Å². The lowest BCUT2D eigenvalue weighted by atomic mass is 9.99. The van der Waals surface area contributed by atoms with Crippen LogP contribution in [0.4, 0.5) is 8.78 Å². The van der Waals surface area contributed by atoms with Crippen molar-refractivity contribution in [2.24, 2.45) is 0 Å². The number of amides is 2. The molecule has 1 aliphatic carbocycles. The molecule has 0 saturated carbocycles. The number of hydrogen-bond acceptors (Lipinski definition) is 5. The zero-order valence-electron chi connectivity index (χ0n) is 18.3. The minimum Gasteiger partial charge on any atom is -0.480 e. The normalized spacial score (nSPS) is 21.4. The summed E-state index contributed by atoms with van der Waals surface area (Å²) in [5, 5.41) is 12.0. The van der Waals surface area contributed by atoms with Crippen LogP contribution in [0.15, 0.2) is 36.4 Å². The molecular formula is C24H22F2N2O6. The highest BCUT2D eigenvalue weighted by Gasteiger charge is 2.52. The van der Waals surface area contributed by atoms with Gasteiger partial charge in [-0.25, -0.2) is 4.79 Å². The number of nitrogens with zero attached hydrogens (tertiary/aromatic N) is 1. The quantitative estimate of drug-likeness (QED) is 0.708. The number of carboxylic acid groups (broad SMARTS) is 1. The molecule has 0 unspecified atom stereocenters. The molecule has 1 atom stereocenters. The molecule has 2 heterocycles. The summed E-state index contributed by atoms with van der Waals surface area (Å²) in [5.74, 6) is -6.73. The fraction of sp³-hybridized carbons (Fsp3) is 0.375.